The Kier molecular flexibility index (Phi) is 12.4. The minimum absolute atomic E-state index is 0.0129. The summed E-state index contributed by atoms with van der Waals surface area (Å²) in [5, 5.41) is 16.3. The van der Waals surface area contributed by atoms with Crippen LogP contribution in [0.15, 0.2) is 4.99 Å². The molecule has 0 rings (SSSR count). The molecule has 0 aliphatic carbocycles. The summed E-state index contributed by atoms with van der Waals surface area (Å²) in [5.74, 6) is -1.91. The molecule has 0 spiro atoms. The van der Waals surface area contributed by atoms with Crippen LogP contribution < -0.4 is 17.2 Å². The lowest BCUT2D eigenvalue weighted by molar-refractivity contribution is -0.139. The molecule has 0 aromatic carbocycles. The van der Waals surface area contributed by atoms with Gasteiger partial charge in [-0.15, -0.1) is 0 Å². The van der Waals surface area contributed by atoms with Crippen molar-refractivity contribution in [2.24, 2.45) is 22.2 Å². The molecule has 0 aromatic rings. The standard InChI is InChI=1S/C6H14N4O2.C4H6O3/c7-4(5(11)12)2-1-3-10-6(8)9;5-3-1-2-4(6)7/h4H,1-3,7H2,(H,11,12)(H4,8,9,10);3H,1-2H2,(H,6,7)/t4-;/m0./s1. The van der Waals surface area contributed by atoms with Crippen LogP contribution in [0.4, 0.5) is 0 Å². The Morgan fingerprint density at radius 1 is 1.26 bits per heavy atom. The average molecular weight is 276 g/mol. The minimum atomic E-state index is -1.00. The first-order valence-corrected chi connectivity index (χ1v) is 5.50. The summed E-state index contributed by atoms with van der Waals surface area (Å²) in [4.78, 5) is 32.9. The number of nitrogens with zero attached hydrogens (tertiary/aromatic N) is 1. The first kappa shape index (κ1) is 19.2. The third-order valence-electron chi connectivity index (χ3n) is 1.76. The van der Waals surface area contributed by atoms with Gasteiger partial charge < -0.3 is 32.2 Å². The monoisotopic (exact) mass is 276 g/mol. The summed E-state index contributed by atoms with van der Waals surface area (Å²) < 4.78 is 0. The van der Waals surface area contributed by atoms with Crippen molar-refractivity contribution in [3.05, 3.63) is 0 Å². The lowest BCUT2D eigenvalue weighted by Gasteiger charge is -2.03. The molecule has 0 fully saturated rings. The van der Waals surface area contributed by atoms with E-state index >= 15 is 0 Å². The molecule has 0 aliphatic rings. The molecule has 0 aromatic heterocycles. The van der Waals surface area contributed by atoms with E-state index in [2.05, 4.69) is 4.99 Å². The van der Waals surface area contributed by atoms with E-state index in [1.165, 1.54) is 0 Å². The molecule has 0 unspecified atom stereocenters. The van der Waals surface area contributed by atoms with Gasteiger partial charge in [-0.05, 0) is 12.8 Å². The molecule has 8 N–H and O–H groups in total. The zero-order chi connectivity index (χ0) is 15.3. The number of carbonyl (C=O) groups is 3. The van der Waals surface area contributed by atoms with Crippen LogP contribution >= 0.6 is 0 Å². The first-order chi connectivity index (χ1) is 8.81. The van der Waals surface area contributed by atoms with Crippen molar-refractivity contribution >= 4 is 24.2 Å². The van der Waals surface area contributed by atoms with E-state index < -0.39 is 18.0 Å². The summed E-state index contributed by atoms with van der Waals surface area (Å²) in [7, 11) is 0. The molecular formula is C10H20N4O5. The highest BCUT2D eigenvalue weighted by molar-refractivity contribution is 5.75. The maximum absolute atomic E-state index is 10.2. The number of nitrogens with two attached hydrogens (primary N) is 3. The summed E-state index contributed by atoms with van der Waals surface area (Å²) >= 11 is 0. The van der Waals surface area contributed by atoms with Crippen LogP contribution in [0, 0.1) is 0 Å². The number of carboxylic acids is 2. The van der Waals surface area contributed by atoms with E-state index in [1.54, 1.807) is 0 Å². The molecule has 0 aliphatic heterocycles. The molecule has 0 heterocycles. The van der Waals surface area contributed by atoms with Crippen molar-refractivity contribution in [1.29, 1.82) is 0 Å². The van der Waals surface area contributed by atoms with Gasteiger partial charge in [-0.3, -0.25) is 14.6 Å². The maximum atomic E-state index is 10.2. The van der Waals surface area contributed by atoms with E-state index in [9.17, 15) is 14.4 Å². The van der Waals surface area contributed by atoms with Crippen molar-refractivity contribution in [1.82, 2.24) is 0 Å². The van der Waals surface area contributed by atoms with Crippen molar-refractivity contribution < 1.29 is 24.6 Å². The predicted molar refractivity (Wildman–Crippen MR) is 68.5 cm³/mol. The van der Waals surface area contributed by atoms with Crippen LogP contribution in [-0.2, 0) is 14.4 Å². The van der Waals surface area contributed by atoms with E-state index in [0.29, 0.717) is 25.7 Å². The lowest BCUT2D eigenvalue weighted by atomic mass is 10.2. The van der Waals surface area contributed by atoms with Gasteiger partial charge in [-0.25, -0.2) is 0 Å². The molecule has 9 nitrogen and oxygen atoms in total. The van der Waals surface area contributed by atoms with E-state index in [0.717, 1.165) is 0 Å². The molecule has 110 valence electrons. The van der Waals surface area contributed by atoms with Gasteiger partial charge >= 0.3 is 11.9 Å². The van der Waals surface area contributed by atoms with Gasteiger partial charge in [0.1, 0.15) is 12.3 Å². The van der Waals surface area contributed by atoms with Crippen LogP contribution in [0.1, 0.15) is 25.7 Å². The minimum Gasteiger partial charge on any atom is -0.481 e. The Hall–Kier alpha value is -2.16. The second kappa shape index (κ2) is 12.3. The number of carbonyl (C=O) groups excluding carboxylic acids is 1. The molecule has 0 saturated carbocycles. The number of carboxylic acid groups (broad SMARTS) is 2. The molecule has 9 heteroatoms. The second-order valence-electron chi connectivity index (χ2n) is 3.49. The highest BCUT2D eigenvalue weighted by atomic mass is 16.4. The third-order valence-corrected chi connectivity index (χ3v) is 1.76. The van der Waals surface area contributed by atoms with Crippen molar-refractivity contribution in [3.63, 3.8) is 0 Å². The number of aliphatic carboxylic acids is 2. The van der Waals surface area contributed by atoms with Crippen LogP contribution in [-0.4, -0.2) is 47.0 Å². The Morgan fingerprint density at radius 2 is 1.84 bits per heavy atom. The van der Waals surface area contributed by atoms with Gasteiger partial charge in [-0.1, -0.05) is 0 Å². The fourth-order valence-corrected chi connectivity index (χ4v) is 0.825. The highest BCUT2D eigenvalue weighted by Crippen LogP contribution is 1.94. The third kappa shape index (κ3) is 18.4. The normalized spacial score (nSPS) is 10.6. The van der Waals surface area contributed by atoms with Gasteiger partial charge in [0.05, 0.1) is 6.42 Å². The van der Waals surface area contributed by atoms with Crippen LogP contribution in [0.25, 0.3) is 0 Å². The zero-order valence-corrected chi connectivity index (χ0v) is 10.5. The van der Waals surface area contributed by atoms with Gasteiger partial charge in [0.15, 0.2) is 5.96 Å². The predicted octanol–water partition coefficient (Wildman–Crippen LogP) is -1.50. The highest BCUT2D eigenvalue weighted by Gasteiger charge is 2.09. The van der Waals surface area contributed by atoms with Gasteiger partial charge in [0.2, 0.25) is 0 Å². The van der Waals surface area contributed by atoms with Crippen LogP contribution in [0.3, 0.4) is 0 Å². The number of hydrogen-bond donors (Lipinski definition) is 5. The van der Waals surface area contributed by atoms with Crippen LogP contribution in [0.2, 0.25) is 0 Å². The fourth-order valence-electron chi connectivity index (χ4n) is 0.825. The van der Waals surface area contributed by atoms with Crippen molar-refractivity contribution in [2.45, 2.75) is 31.7 Å². The molecular weight excluding hydrogens is 256 g/mol. The topological polar surface area (TPSA) is 182 Å². The largest absolute Gasteiger partial charge is 0.481 e. The molecule has 0 bridgehead atoms. The Labute approximate surface area is 110 Å². The lowest BCUT2D eigenvalue weighted by Crippen LogP contribution is -2.30. The van der Waals surface area contributed by atoms with Gasteiger partial charge in [0.25, 0.3) is 0 Å². The number of aldehydes is 1. The maximum Gasteiger partial charge on any atom is 0.320 e. The number of guanidine groups is 1. The van der Waals surface area contributed by atoms with Gasteiger partial charge in [0, 0.05) is 13.0 Å². The number of rotatable bonds is 8. The number of aliphatic imine (C=N–C) groups is 1. The Bertz CT molecular complexity index is 315. The second-order valence-corrected chi connectivity index (χ2v) is 3.49. The van der Waals surface area contributed by atoms with Crippen molar-refractivity contribution in [2.75, 3.05) is 6.54 Å². The Balaban J connectivity index is 0. The van der Waals surface area contributed by atoms with E-state index in [-0.39, 0.29) is 18.8 Å². The van der Waals surface area contributed by atoms with Gasteiger partial charge in [-0.2, -0.15) is 0 Å². The molecule has 0 amide bonds. The number of hydrogen-bond acceptors (Lipinski definition) is 5. The molecule has 19 heavy (non-hydrogen) atoms. The van der Waals surface area contributed by atoms with Crippen molar-refractivity contribution in [3.8, 4) is 0 Å². The zero-order valence-electron chi connectivity index (χ0n) is 10.5. The summed E-state index contributed by atoms with van der Waals surface area (Å²) in [6.45, 7) is 0.420. The van der Waals surface area contributed by atoms with E-state index in [1.807, 2.05) is 0 Å². The smallest absolute Gasteiger partial charge is 0.320 e. The molecule has 0 saturated heterocycles. The van der Waals surface area contributed by atoms with E-state index in [4.69, 9.17) is 27.4 Å². The average Bonchev–Trinajstić information content (AvgIpc) is 2.32. The quantitative estimate of drug-likeness (QED) is 0.153. The SMILES string of the molecule is NC(N)=NCCC[C@H](N)C(=O)O.O=CCCC(=O)O. The first-order valence-electron chi connectivity index (χ1n) is 5.50. The van der Waals surface area contributed by atoms with Crippen LogP contribution in [0.5, 0.6) is 0 Å². The Morgan fingerprint density at radius 3 is 2.16 bits per heavy atom. The summed E-state index contributed by atoms with van der Waals surface area (Å²) in [5.41, 5.74) is 15.3. The molecule has 0 radical (unpaired) electrons. The summed E-state index contributed by atoms with van der Waals surface area (Å²) in [6, 6.07) is -0.820. The fraction of sp³-hybridized carbons (Fsp3) is 0.600. The molecule has 1 atom stereocenters. The summed E-state index contributed by atoms with van der Waals surface area (Å²) in [6.07, 6.45) is 1.62.